The van der Waals surface area contributed by atoms with Gasteiger partial charge in [-0.05, 0) is 81.0 Å². The lowest BCUT2D eigenvalue weighted by Crippen LogP contribution is -2.47. The average molecular weight is 430 g/mol. The molecule has 2 heterocycles. The number of carbonyl (C=O) groups is 2. The van der Waals surface area contributed by atoms with E-state index in [1.165, 1.54) is 49.9 Å². The molecule has 5 nitrogen and oxygen atoms in total. The number of thioether (sulfide) groups is 1. The van der Waals surface area contributed by atoms with Gasteiger partial charge in [0.25, 0.3) is 5.91 Å². The quantitative estimate of drug-likeness (QED) is 0.794. The third-order valence-corrected chi connectivity index (χ3v) is 8.96. The molecule has 4 atom stereocenters. The van der Waals surface area contributed by atoms with Crippen LogP contribution in [0, 0.1) is 23.6 Å². The molecule has 2 amide bonds. The van der Waals surface area contributed by atoms with Crippen LogP contribution in [-0.4, -0.2) is 45.8 Å². The SMILES string of the molecule is CC1(C2CCN(C(=O)c3ccc(F)cc3)CC2)SC(=N[C@H]2C[C@H]3CC[C@H]2C3)NC1=O. The Morgan fingerprint density at radius 3 is 2.53 bits per heavy atom. The molecule has 0 spiro atoms. The van der Waals surface area contributed by atoms with Crippen LogP contribution in [0.4, 0.5) is 4.39 Å². The molecule has 0 radical (unpaired) electrons. The normalized spacial score (nSPS) is 35.3. The van der Waals surface area contributed by atoms with Crippen LogP contribution >= 0.6 is 11.8 Å². The molecule has 4 aliphatic rings. The summed E-state index contributed by atoms with van der Waals surface area (Å²) in [4.78, 5) is 32.3. The molecular weight excluding hydrogens is 401 g/mol. The zero-order chi connectivity index (χ0) is 20.9. The van der Waals surface area contributed by atoms with Crippen molar-refractivity contribution < 1.29 is 14.0 Å². The Balaban J connectivity index is 1.21. The first kappa shape index (κ1) is 20.0. The number of amidine groups is 1. The number of amides is 2. The molecule has 2 aliphatic heterocycles. The van der Waals surface area contributed by atoms with Gasteiger partial charge in [0.1, 0.15) is 10.6 Å². The molecule has 2 bridgehead atoms. The molecule has 1 aromatic rings. The van der Waals surface area contributed by atoms with E-state index >= 15 is 0 Å². The number of halogens is 1. The number of hydrogen-bond acceptors (Lipinski definition) is 4. The van der Waals surface area contributed by atoms with Crippen molar-refractivity contribution in [2.24, 2.45) is 22.7 Å². The summed E-state index contributed by atoms with van der Waals surface area (Å²) in [5.41, 5.74) is 0.509. The monoisotopic (exact) mass is 429 g/mol. The molecule has 1 aromatic carbocycles. The lowest BCUT2D eigenvalue weighted by atomic mass is 9.84. The predicted molar refractivity (Wildman–Crippen MR) is 116 cm³/mol. The van der Waals surface area contributed by atoms with Gasteiger partial charge in [-0.3, -0.25) is 14.6 Å². The fourth-order valence-corrected chi connectivity index (χ4v) is 7.03. The van der Waals surface area contributed by atoms with Gasteiger partial charge < -0.3 is 10.2 Å². The second-order valence-electron chi connectivity index (χ2n) is 9.41. The van der Waals surface area contributed by atoms with Gasteiger partial charge >= 0.3 is 0 Å². The highest BCUT2D eigenvalue weighted by Gasteiger charge is 2.50. The lowest BCUT2D eigenvalue weighted by molar-refractivity contribution is -0.122. The highest BCUT2D eigenvalue weighted by atomic mass is 32.2. The first-order chi connectivity index (χ1) is 14.4. The Morgan fingerprint density at radius 1 is 1.17 bits per heavy atom. The van der Waals surface area contributed by atoms with E-state index in [-0.39, 0.29) is 23.5 Å². The van der Waals surface area contributed by atoms with Gasteiger partial charge in [0.15, 0.2) is 5.17 Å². The van der Waals surface area contributed by atoms with Crippen LogP contribution in [0.15, 0.2) is 29.3 Å². The molecule has 160 valence electrons. The van der Waals surface area contributed by atoms with Crippen LogP contribution in [0.3, 0.4) is 0 Å². The van der Waals surface area contributed by atoms with Crippen LogP contribution in [0.2, 0.25) is 0 Å². The van der Waals surface area contributed by atoms with Crippen molar-refractivity contribution in [3.8, 4) is 0 Å². The van der Waals surface area contributed by atoms with Gasteiger partial charge in [-0.25, -0.2) is 4.39 Å². The fourth-order valence-electron chi connectivity index (χ4n) is 5.75. The summed E-state index contributed by atoms with van der Waals surface area (Å²) in [6, 6.07) is 6.08. The minimum absolute atomic E-state index is 0.0534. The number of fused-ring (bicyclic) bond motifs is 2. The summed E-state index contributed by atoms with van der Waals surface area (Å²) in [5, 5.41) is 3.85. The zero-order valence-corrected chi connectivity index (χ0v) is 18.1. The molecular formula is C23H28FN3O2S. The summed E-state index contributed by atoms with van der Waals surface area (Å²) in [7, 11) is 0. The summed E-state index contributed by atoms with van der Waals surface area (Å²) >= 11 is 1.59. The van der Waals surface area contributed by atoms with Crippen LogP contribution in [0.1, 0.15) is 55.8 Å². The van der Waals surface area contributed by atoms with Crippen molar-refractivity contribution in [2.45, 2.75) is 56.2 Å². The molecule has 2 saturated carbocycles. The third kappa shape index (κ3) is 3.55. The van der Waals surface area contributed by atoms with Crippen LogP contribution in [0.5, 0.6) is 0 Å². The Labute approximate surface area is 180 Å². The largest absolute Gasteiger partial charge is 0.339 e. The molecule has 2 saturated heterocycles. The molecule has 1 N–H and O–H groups in total. The third-order valence-electron chi connectivity index (χ3n) is 7.62. The number of hydrogen-bond donors (Lipinski definition) is 1. The number of carbonyl (C=O) groups excluding carboxylic acids is 2. The van der Waals surface area contributed by atoms with Gasteiger partial charge in [0.2, 0.25) is 5.91 Å². The Bertz CT molecular complexity index is 881. The van der Waals surface area contributed by atoms with Gasteiger partial charge in [-0.1, -0.05) is 18.2 Å². The Hall–Kier alpha value is -1.89. The minimum Gasteiger partial charge on any atom is -0.339 e. The van der Waals surface area contributed by atoms with E-state index in [9.17, 15) is 14.0 Å². The van der Waals surface area contributed by atoms with E-state index in [0.29, 0.717) is 30.6 Å². The second kappa shape index (κ2) is 7.66. The van der Waals surface area contributed by atoms with Crippen molar-refractivity contribution in [3.05, 3.63) is 35.6 Å². The van der Waals surface area contributed by atoms with Gasteiger partial charge in [0, 0.05) is 18.7 Å². The highest BCUT2D eigenvalue weighted by Crippen LogP contribution is 2.48. The van der Waals surface area contributed by atoms with Crippen LogP contribution in [0.25, 0.3) is 0 Å². The number of rotatable bonds is 3. The van der Waals surface area contributed by atoms with Crippen LogP contribution in [-0.2, 0) is 4.79 Å². The van der Waals surface area contributed by atoms with E-state index < -0.39 is 4.75 Å². The number of likely N-dealkylation sites (tertiary alicyclic amines) is 1. The highest BCUT2D eigenvalue weighted by molar-refractivity contribution is 8.16. The zero-order valence-electron chi connectivity index (χ0n) is 17.3. The summed E-state index contributed by atoms with van der Waals surface area (Å²) in [6.45, 7) is 3.25. The lowest BCUT2D eigenvalue weighted by Gasteiger charge is -2.38. The maximum Gasteiger partial charge on any atom is 0.253 e. The predicted octanol–water partition coefficient (Wildman–Crippen LogP) is 3.84. The summed E-state index contributed by atoms with van der Waals surface area (Å²) in [6.07, 6.45) is 6.67. The topological polar surface area (TPSA) is 61.8 Å². The minimum atomic E-state index is -0.526. The van der Waals surface area contributed by atoms with E-state index in [0.717, 1.165) is 23.9 Å². The number of nitrogens with one attached hydrogen (secondary N) is 1. The molecule has 4 fully saturated rings. The van der Waals surface area contributed by atoms with Gasteiger partial charge in [-0.2, -0.15) is 0 Å². The number of nitrogens with zero attached hydrogens (tertiary/aromatic N) is 2. The second-order valence-corrected chi connectivity index (χ2v) is 10.9. The van der Waals surface area contributed by atoms with Crippen molar-refractivity contribution >= 4 is 28.7 Å². The van der Waals surface area contributed by atoms with Crippen molar-refractivity contribution in [2.75, 3.05) is 13.1 Å². The summed E-state index contributed by atoms with van der Waals surface area (Å²) in [5.74, 6) is 1.38. The van der Waals surface area contributed by atoms with Crippen molar-refractivity contribution in [1.82, 2.24) is 10.2 Å². The first-order valence-electron chi connectivity index (χ1n) is 11.1. The first-order valence-corrected chi connectivity index (χ1v) is 11.9. The molecule has 0 aromatic heterocycles. The van der Waals surface area contributed by atoms with Crippen molar-refractivity contribution in [1.29, 1.82) is 0 Å². The number of benzene rings is 1. The molecule has 2 aliphatic carbocycles. The smallest absolute Gasteiger partial charge is 0.253 e. The number of piperidine rings is 1. The Kier molecular flexibility index (Phi) is 5.12. The van der Waals surface area contributed by atoms with Gasteiger partial charge in [0.05, 0.1) is 6.04 Å². The summed E-state index contributed by atoms with van der Waals surface area (Å²) < 4.78 is 12.6. The van der Waals surface area contributed by atoms with E-state index in [1.54, 1.807) is 11.8 Å². The van der Waals surface area contributed by atoms with Crippen LogP contribution < -0.4 is 5.32 Å². The van der Waals surface area contributed by atoms with Gasteiger partial charge in [-0.15, -0.1) is 0 Å². The molecule has 7 heteroatoms. The maximum atomic E-state index is 13.1. The molecule has 5 rings (SSSR count). The fraction of sp³-hybridized carbons (Fsp3) is 0.609. The molecule has 30 heavy (non-hydrogen) atoms. The standard InChI is InChI=1S/C23H28FN3O2S/c1-23(21(29)26-22(30-23)25-19-13-14-2-3-16(19)12-14)17-8-10-27(11-9-17)20(28)15-4-6-18(24)7-5-15/h4-7,14,16-17,19H,2-3,8-13H2,1H3,(H,25,26,29)/t14-,16-,19-,23?/m0/s1. The number of aliphatic imine (C=N–C) groups is 1. The maximum absolute atomic E-state index is 13.1. The average Bonchev–Trinajstić information content (AvgIpc) is 3.44. The molecule has 1 unspecified atom stereocenters. The van der Waals surface area contributed by atoms with E-state index in [1.807, 2.05) is 11.8 Å². The Morgan fingerprint density at radius 2 is 1.90 bits per heavy atom. The van der Waals surface area contributed by atoms with Crippen molar-refractivity contribution in [3.63, 3.8) is 0 Å². The van der Waals surface area contributed by atoms with E-state index in [4.69, 9.17) is 4.99 Å². The van der Waals surface area contributed by atoms with E-state index in [2.05, 4.69) is 5.32 Å².